The minimum atomic E-state index is -0.0382. The SMILES string of the molecule is CCCC(CCC)([I-]C(C)(C)CCCC1CC1)n1c2ccccc2c2ccccc21. The molecule has 0 spiro atoms. The minimum absolute atomic E-state index is 0.0382. The standard InChI is InChI=1S/C28H39IN/c1-5-19-28(20-6-2,29-27(3,4)21-11-12-22-17-18-22)30-25-15-9-7-13-23(25)24-14-8-10-16-26(24)30/h7-10,13-16,22H,5-6,11-12,17-21H2,1-4H3/q-1. The molecule has 0 atom stereocenters. The zero-order valence-electron chi connectivity index (χ0n) is 19.4. The fourth-order valence-electron chi connectivity index (χ4n) is 5.35. The Hall–Kier alpha value is -1.03. The predicted octanol–water partition coefficient (Wildman–Crippen LogP) is 5.50. The third-order valence-corrected chi connectivity index (χ3v) is 11.3. The van der Waals surface area contributed by atoms with Crippen molar-refractivity contribution in [1.82, 2.24) is 4.57 Å². The van der Waals surface area contributed by atoms with Crippen molar-refractivity contribution in [3.63, 3.8) is 0 Å². The van der Waals surface area contributed by atoms with Gasteiger partial charge in [0.2, 0.25) is 0 Å². The Morgan fingerprint density at radius 2 is 1.37 bits per heavy atom. The van der Waals surface area contributed by atoms with Crippen LogP contribution in [-0.2, 0) is 3.55 Å². The number of hydrogen-bond acceptors (Lipinski definition) is 0. The van der Waals surface area contributed by atoms with Crippen molar-refractivity contribution >= 4 is 21.8 Å². The molecule has 2 aromatic carbocycles. The summed E-state index contributed by atoms with van der Waals surface area (Å²) in [6.07, 6.45) is 12.4. The van der Waals surface area contributed by atoms with E-state index in [0.29, 0.717) is 6.97 Å². The van der Waals surface area contributed by atoms with Crippen molar-refractivity contribution in [2.45, 2.75) is 92.4 Å². The molecule has 1 aliphatic carbocycles. The Kier molecular flexibility index (Phi) is 6.82. The molecule has 1 nitrogen and oxygen atoms in total. The van der Waals surface area contributed by atoms with Crippen LogP contribution < -0.4 is 21.2 Å². The van der Waals surface area contributed by atoms with Crippen LogP contribution in [0.15, 0.2) is 48.5 Å². The fourth-order valence-corrected chi connectivity index (χ4v) is 11.1. The first-order chi connectivity index (χ1) is 14.5. The van der Waals surface area contributed by atoms with E-state index in [9.17, 15) is 0 Å². The van der Waals surface area contributed by atoms with Crippen molar-refractivity contribution in [3.8, 4) is 0 Å². The molecule has 0 unspecified atom stereocenters. The van der Waals surface area contributed by atoms with E-state index in [1.54, 1.807) is 0 Å². The molecule has 0 amide bonds. The van der Waals surface area contributed by atoms with Gasteiger partial charge in [-0.1, -0.05) is 0 Å². The van der Waals surface area contributed by atoms with Crippen LogP contribution in [0.1, 0.15) is 85.5 Å². The van der Waals surface area contributed by atoms with E-state index in [2.05, 4.69) is 80.8 Å². The molecule has 1 saturated carbocycles. The van der Waals surface area contributed by atoms with E-state index < -0.39 is 0 Å². The number of fused-ring (bicyclic) bond motifs is 3. The maximum absolute atomic E-state index is 2.82. The van der Waals surface area contributed by atoms with Crippen LogP contribution in [0.25, 0.3) is 21.8 Å². The number of alkyl halides is 2. The van der Waals surface area contributed by atoms with Gasteiger partial charge >= 0.3 is 194 Å². The summed E-state index contributed by atoms with van der Waals surface area (Å²) >= 11 is -0.0382. The van der Waals surface area contributed by atoms with E-state index in [1.165, 1.54) is 79.6 Å². The molecule has 0 bridgehead atoms. The third-order valence-electron chi connectivity index (χ3n) is 6.76. The molecule has 0 radical (unpaired) electrons. The van der Waals surface area contributed by atoms with Gasteiger partial charge in [0.25, 0.3) is 0 Å². The molecule has 2 heteroatoms. The number of aromatic nitrogens is 1. The van der Waals surface area contributed by atoms with Gasteiger partial charge < -0.3 is 0 Å². The fraction of sp³-hybridized carbons (Fsp3) is 0.571. The number of nitrogens with zero attached hydrogens (tertiary/aromatic N) is 1. The van der Waals surface area contributed by atoms with Gasteiger partial charge in [-0.3, -0.25) is 0 Å². The van der Waals surface area contributed by atoms with Crippen molar-refractivity contribution in [3.05, 3.63) is 48.5 Å². The second-order valence-electron chi connectivity index (χ2n) is 9.94. The Morgan fingerprint density at radius 3 is 1.87 bits per heavy atom. The van der Waals surface area contributed by atoms with Gasteiger partial charge in [0.1, 0.15) is 0 Å². The molecule has 1 aliphatic rings. The van der Waals surface area contributed by atoms with Crippen molar-refractivity contribution < 1.29 is 21.2 Å². The van der Waals surface area contributed by atoms with E-state index in [4.69, 9.17) is 0 Å². The molecular weight excluding hydrogens is 477 g/mol. The summed E-state index contributed by atoms with van der Waals surface area (Å²) in [5.74, 6) is 1.06. The Labute approximate surface area is 193 Å². The predicted molar refractivity (Wildman–Crippen MR) is 128 cm³/mol. The van der Waals surface area contributed by atoms with E-state index >= 15 is 0 Å². The Morgan fingerprint density at radius 1 is 0.833 bits per heavy atom. The summed E-state index contributed by atoms with van der Waals surface area (Å²) in [7, 11) is 0. The molecule has 1 fully saturated rings. The van der Waals surface area contributed by atoms with Gasteiger partial charge in [-0.2, -0.15) is 0 Å². The molecule has 4 rings (SSSR count). The Bertz CT molecular complexity index is 919. The first-order valence-electron chi connectivity index (χ1n) is 12.2. The zero-order chi connectivity index (χ0) is 21.2. The van der Waals surface area contributed by atoms with E-state index in [1.807, 2.05) is 0 Å². The van der Waals surface area contributed by atoms with Crippen LogP contribution >= 0.6 is 0 Å². The van der Waals surface area contributed by atoms with E-state index in [-0.39, 0.29) is 21.2 Å². The van der Waals surface area contributed by atoms with Crippen molar-refractivity contribution in [2.75, 3.05) is 0 Å². The molecular formula is C28H39IN-. The van der Waals surface area contributed by atoms with Crippen LogP contribution in [0.5, 0.6) is 0 Å². The molecule has 0 aliphatic heterocycles. The molecule has 0 N–H and O–H groups in total. The van der Waals surface area contributed by atoms with Gasteiger partial charge in [-0.15, -0.1) is 0 Å². The molecule has 3 aromatic rings. The number of hydrogen-bond donors (Lipinski definition) is 0. The quantitative estimate of drug-likeness (QED) is 0.235. The summed E-state index contributed by atoms with van der Waals surface area (Å²) in [4.78, 5) is 0. The summed E-state index contributed by atoms with van der Waals surface area (Å²) < 4.78 is 3.60. The molecule has 164 valence electrons. The van der Waals surface area contributed by atoms with Crippen LogP contribution in [0.3, 0.4) is 0 Å². The van der Waals surface area contributed by atoms with Gasteiger partial charge in [-0.05, 0) is 0 Å². The molecule has 1 heterocycles. The molecule has 0 saturated heterocycles. The topological polar surface area (TPSA) is 4.93 Å². The average molecular weight is 517 g/mol. The van der Waals surface area contributed by atoms with Gasteiger partial charge in [0.15, 0.2) is 0 Å². The van der Waals surface area contributed by atoms with Crippen LogP contribution in [0.2, 0.25) is 0 Å². The van der Waals surface area contributed by atoms with Crippen molar-refractivity contribution in [1.29, 1.82) is 0 Å². The molecule has 30 heavy (non-hydrogen) atoms. The normalized spacial score (nSPS) is 15.5. The van der Waals surface area contributed by atoms with Gasteiger partial charge in [0.05, 0.1) is 0 Å². The second-order valence-corrected chi connectivity index (χ2v) is 15.4. The first-order valence-corrected chi connectivity index (χ1v) is 14.3. The zero-order valence-corrected chi connectivity index (χ0v) is 21.5. The number of benzene rings is 2. The third kappa shape index (κ3) is 4.59. The van der Waals surface area contributed by atoms with E-state index in [0.717, 1.165) is 5.92 Å². The number of rotatable bonds is 11. The van der Waals surface area contributed by atoms with Crippen molar-refractivity contribution in [2.24, 2.45) is 5.92 Å². The van der Waals surface area contributed by atoms with Gasteiger partial charge in [0, 0.05) is 0 Å². The van der Waals surface area contributed by atoms with Crippen LogP contribution in [-0.4, -0.2) is 7.99 Å². The summed E-state index contributed by atoms with van der Waals surface area (Å²) in [5.41, 5.74) is 2.91. The summed E-state index contributed by atoms with van der Waals surface area (Å²) in [5, 5.41) is 2.86. The number of halogens is 1. The maximum atomic E-state index is 2.82. The van der Waals surface area contributed by atoms with Crippen LogP contribution in [0, 0.1) is 5.92 Å². The van der Waals surface area contributed by atoms with Gasteiger partial charge in [-0.25, -0.2) is 0 Å². The summed E-state index contributed by atoms with van der Waals surface area (Å²) in [6.45, 7) is 9.95. The number of para-hydroxylation sites is 2. The first kappa shape index (κ1) is 22.2. The summed E-state index contributed by atoms with van der Waals surface area (Å²) in [6, 6.07) is 18.3. The van der Waals surface area contributed by atoms with Crippen LogP contribution in [0.4, 0.5) is 0 Å². The Balaban J connectivity index is 1.79. The average Bonchev–Trinajstić information content (AvgIpc) is 3.47. The monoisotopic (exact) mass is 516 g/mol. The molecule has 1 aromatic heterocycles. The second kappa shape index (κ2) is 9.22.